The van der Waals surface area contributed by atoms with Gasteiger partial charge in [-0.3, -0.25) is 14.4 Å². The minimum atomic E-state index is -1.45. The number of aromatic hydroxyl groups is 1. The Hall–Kier alpha value is -3.93. The molecule has 12 heteroatoms. The Balaban J connectivity index is 2.91. The van der Waals surface area contributed by atoms with Crippen LogP contribution in [0, 0.1) is 5.92 Å². The molecule has 0 saturated carbocycles. The lowest BCUT2D eigenvalue weighted by Gasteiger charge is -2.24. The monoisotopic (exact) mass is 479 g/mol. The van der Waals surface area contributed by atoms with Gasteiger partial charge in [-0.2, -0.15) is 0 Å². The third-order valence-corrected chi connectivity index (χ3v) is 4.52. The van der Waals surface area contributed by atoms with Crippen molar-refractivity contribution >= 4 is 35.8 Å². The number of carboxylic acid groups (broad SMARTS) is 1. The number of ether oxygens (including phenoxy) is 2. The number of hydrogen-bond donors (Lipinski definition) is 5. The van der Waals surface area contributed by atoms with E-state index in [1.807, 2.05) is 0 Å². The standard InChI is InChI=1S/C22H29N3O9/c1-12(2)20(25-17(27)11-23)21(31)24-14(6-8-18(28)29)22(32)34-19(30)9-5-13-4-7-15(26)16(10-13)33-3/h4-5,7,9-10,12,14,20,26H,6,8,11,23H2,1-3H3,(H,24,31)(H,25,27)(H,28,29)/b9-5+. The Morgan fingerprint density at radius 1 is 1.15 bits per heavy atom. The number of nitrogens with two attached hydrogens (primary N) is 1. The molecule has 0 radical (unpaired) electrons. The lowest BCUT2D eigenvalue weighted by atomic mass is 10.0. The van der Waals surface area contributed by atoms with Crippen LogP contribution in [0.2, 0.25) is 0 Å². The van der Waals surface area contributed by atoms with Gasteiger partial charge in [-0.25, -0.2) is 9.59 Å². The van der Waals surface area contributed by atoms with Crippen molar-refractivity contribution in [2.75, 3.05) is 13.7 Å². The van der Waals surface area contributed by atoms with Gasteiger partial charge in [0.25, 0.3) is 0 Å². The molecule has 0 fully saturated rings. The van der Waals surface area contributed by atoms with Crippen molar-refractivity contribution in [2.24, 2.45) is 11.7 Å². The molecule has 0 aliphatic carbocycles. The summed E-state index contributed by atoms with van der Waals surface area (Å²) in [5, 5.41) is 23.3. The topological polar surface area (TPSA) is 194 Å². The van der Waals surface area contributed by atoms with Crippen molar-refractivity contribution in [1.82, 2.24) is 10.6 Å². The molecule has 0 bridgehead atoms. The number of methoxy groups -OCH3 is 1. The zero-order chi connectivity index (χ0) is 25.8. The van der Waals surface area contributed by atoms with E-state index in [-0.39, 0.29) is 30.4 Å². The average Bonchev–Trinajstić information content (AvgIpc) is 2.78. The maximum Gasteiger partial charge on any atom is 0.338 e. The lowest BCUT2D eigenvalue weighted by molar-refractivity contribution is -0.159. The number of hydrogen-bond acceptors (Lipinski definition) is 9. The van der Waals surface area contributed by atoms with E-state index in [4.69, 9.17) is 20.3 Å². The molecule has 1 rings (SSSR count). The van der Waals surface area contributed by atoms with Crippen LogP contribution in [0.15, 0.2) is 24.3 Å². The van der Waals surface area contributed by atoms with E-state index in [0.29, 0.717) is 5.56 Å². The first kappa shape index (κ1) is 28.1. The number of phenolic OH excluding ortho intramolecular Hbond substituents is 1. The number of carboxylic acids is 1. The molecule has 0 aliphatic rings. The Morgan fingerprint density at radius 3 is 2.38 bits per heavy atom. The number of benzene rings is 1. The maximum absolute atomic E-state index is 12.6. The van der Waals surface area contributed by atoms with E-state index in [1.165, 1.54) is 31.4 Å². The molecule has 34 heavy (non-hydrogen) atoms. The third kappa shape index (κ3) is 9.28. The lowest BCUT2D eigenvalue weighted by Crippen LogP contribution is -2.55. The molecule has 0 spiro atoms. The van der Waals surface area contributed by atoms with Crippen molar-refractivity contribution < 1.29 is 43.7 Å². The summed E-state index contributed by atoms with van der Waals surface area (Å²) in [5.41, 5.74) is 5.72. The summed E-state index contributed by atoms with van der Waals surface area (Å²) in [4.78, 5) is 59.8. The van der Waals surface area contributed by atoms with E-state index in [1.54, 1.807) is 13.8 Å². The molecule has 186 valence electrons. The van der Waals surface area contributed by atoms with E-state index in [0.717, 1.165) is 6.08 Å². The van der Waals surface area contributed by atoms with Crippen molar-refractivity contribution in [3.8, 4) is 11.5 Å². The fraction of sp³-hybridized carbons (Fsp3) is 0.409. The predicted molar refractivity (Wildman–Crippen MR) is 119 cm³/mol. The highest BCUT2D eigenvalue weighted by molar-refractivity contribution is 5.98. The molecule has 12 nitrogen and oxygen atoms in total. The predicted octanol–water partition coefficient (Wildman–Crippen LogP) is -0.0671. The SMILES string of the molecule is COc1cc(/C=C/C(=O)OC(=O)C(CCC(=O)O)NC(=O)C(NC(=O)CN)C(C)C)ccc1O. The number of aliphatic carboxylic acids is 1. The third-order valence-electron chi connectivity index (χ3n) is 4.52. The smallest absolute Gasteiger partial charge is 0.338 e. The van der Waals surface area contributed by atoms with Crippen molar-refractivity contribution in [3.05, 3.63) is 29.8 Å². The molecule has 2 unspecified atom stereocenters. The number of rotatable bonds is 12. The molecule has 2 atom stereocenters. The molecule has 1 aromatic carbocycles. The van der Waals surface area contributed by atoms with Gasteiger partial charge >= 0.3 is 17.9 Å². The Morgan fingerprint density at radius 2 is 1.82 bits per heavy atom. The van der Waals surface area contributed by atoms with Crippen molar-refractivity contribution in [1.29, 1.82) is 0 Å². The van der Waals surface area contributed by atoms with Crippen LogP contribution in [0.3, 0.4) is 0 Å². The second-order valence-electron chi connectivity index (χ2n) is 7.49. The van der Waals surface area contributed by atoms with Gasteiger partial charge in [0.1, 0.15) is 12.1 Å². The van der Waals surface area contributed by atoms with E-state index >= 15 is 0 Å². The minimum absolute atomic E-state index is 0.100. The molecule has 0 heterocycles. The quantitative estimate of drug-likeness (QED) is 0.154. The van der Waals surface area contributed by atoms with Gasteiger partial charge in [0, 0.05) is 12.5 Å². The van der Waals surface area contributed by atoms with E-state index in [9.17, 15) is 29.1 Å². The number of amides is 2. The average molecular weight is 479 g/mol. The largest absolute Gasteiger partial charge is 0.504 e. The summed E-state index contributed by atoms with van der Waals surface area (Å²) in [6, 6.07) is 1.78. The molecular formula is C22H29N3O9. The summed E-state index contributed by atoms with van der Waals surface area (Å²) in [7, 11) is 1.35. The highest BCUT2D eigenvalue weighted by atomic mass is 16.6. The summed E-state index contributed by atoms with van der Waals surface area (Å²) in [5.74, 6) is -5.12. The number of esters is 2. The fourth-order valence-electron chi connectivity index (χ4n) is 2.71. The van der Waals surface area contributed by atoms with Gasteiger partial charge < -0.3 is 36.1 Å². The van der Waals surface area contributed by atoms with E-state index < -0.39 is 48.2 Å². The Kier molecular flexibility index (Phi) is 11.2. The minimum Gasteiger partial charge on any atom is -0.504 e. The molecule has 1 aromatic rings. The van der Waals surface area contributed by atoms with Gasteiger partial charge in [0.2, 0.25) is 11.8 Å². The van der Waals surface area contributed by atoms with E-state index in [2.05, 4.69) is 10.6 Å². The second-order valence-corrected chi connectivity index (χ2v) is 7.49. The van der Waals surface area contributed by atoms with Gasteiger partial charge in [-0.05, 0) is 36.1 Å². The summed E-state index contributed by atoms with van der Waals surface area (Å²) in [6.45, 7) is 2.95. The van der Waals surface area contributed by atoms with Gasteiger partial charge in [-0.1, -0.05) is 19.9 Å². The van der Waals surface area contributed by atoms with Crippen molar-refractivity contribution in [3.63, 3.8) is 0 Å². The highest BCUT2D eigenvalue weighted by Gasteiger charge is 2.30. The molecule has 6 N–H and O–H groups in total. The number of nitrogens with one attached hydrogen (secondary N) is 2. The van der Waals surface area contributed by atoms with Crippen LogP contribution >= 0.6 is 0 Å². The summed E-state index contributed by atoms with van der Waals surface area (Å²) < 4.78 is 9.69. The summed E-state index contributed by atoms with van der Waals surface area (Å²) in [6.07, 6.45) is 1.42. The normalized spacial score (nSPS) is 12.6. The van der Waals surface area contributed by atoms with Crippen LogP contribution in [0.4, 0.5) is 0 Å². The maximum atomic E-state index is 12.6. The first-order chi connectivity index (χ1) is 16.0. The van der Waals surface area contributed by atoms with Crippen LogP contribution in [-0.2, 0) is 28.7 Å². The van der Waals surface area contributed by atoms with Crippen LogP contribution in [0.25, 0.3) is 6.08 Å². The van der Waals surface area contributed by atoms with Crippen LogP contribution in [-0.4, -0.2) is 65.7 Å². The summed E-state index contributed by atoms with van der Waals surface area (Å²) >= 11 is 0. The van der Waals surface area contributed by atoms with Gasteiger partial charge in [-0.15, -0.1) is 0 Å². The van der Waals surface area contributed by atoms with Gasteiger partial charge in [0.05, 0.1) is 13.7 Å². The highest BCUT2D eigenvalue weighted by Crippen LogP contribution is 2.26. The number of carbonyl (C=O) groups is 5. The zero-order valence-electron chi connectivity index (χ0n) is 19.1. The molecule has 2 amide bonds. The first-order valence-corrected chi connectivity index (χ1v) is 10.3. The molecule has 0 aliphatic heterocycles. The number of carbonyl (C=O) groups excluding carboxylic acids is 4. The number of phenols is 1. The van der Waals surface area contributed by atoms with Crippen LogP contribution < -0.4 is 21.1 Å². The first-order valence-electron chi connectivity index (χ1n) is 10.3. The fourth-order valence-corrected chi connectivity index (χ4v) is 2.71. The van der Waals surface area contributed by atoms with Gasteiger partial charge in [0.15, 0.2) is 11.5 Å². The second kappa shape index (κ2) is 13.6. The van der Waals surface area contributed by atoms with Crippen LogP contribution in [0.5, 0.6) is 11.5 Å². The molecule has 0 aromatic heterocycles. The van der Waals surface area contributed by atoms with Crippen molar-refractivity contribution in [2.45, 2.75) is 38.8 Å². The zero-order valence-corrected chi connectivity index (χ0v) is 19.1. The molecular weight excluding hydrogens is 450 g/mol. The Labute approximate surface area is 196 Å². The van der Waals surface area contributed by atoms with Crippen LogP contribution in [0.1, 0.15) is 32.3 Å². The molecule has 0 saturated heterocycles. The Bertz CT molecular complexity index is 944.